The molecular formula is C11H12N2O2S. The Morgan fingerprint density at radius 3 is 2.62 bits per heavy atom. The van der Waals surface area contributed by atoms with Crippen LogP contribution < -0.4 is 4.74 Å². The quantitative estimate of drug-likeness (QED) is 0.829. The van der Waals surface area contributed by atoms with Gasteiger partial charge in [-0.1, -0.05) is 12.1 Å². The van der Waals surface area contributed by atoms with Crippen LogP contribution in [0, 0.1) is 4.84 Å². The van der Waals surface area contributed by atoms with Crippen molar-refractivity contribution in [3.05, 3.63) is 40.6 Å². The van der Waals surface area contributed by atoms with Gasteiger partial charge in [0.1, 0.15) is 5.75 Å². The predicted octanol–water partition coefficient (Wildman–Crippen LogP) is 2.53. The van der Waals surface area contributed by atoms with Gasteiger partial charge in [0.2, 0.25) is 5.89 Å². The number of aromatic nitrogens is 2. The number of nitrogens with one attached hydrogen (secondary N) is 1. The van der Waals surface area contributed by atoms with E-state index in [2.05, 4.69) is 10.2 Å². The van der Waals surface area contributed by atoms with E-state index in [1.54, 1.807) is 7.11 Å². The zero-order valence-electron chi connectivity index (χ0n) is 8.90. The molecule has 84 valence electrons. The molecule has 0 aliphatic rings. The van der Waals surface area contributed by atoms with Gasteiger partial charge in [0.25, 0.3) is 4.84 Å². The summed E-state index contributed by atoms with van der Waals surface area (Å²) in [6.45, 7) is 0. The molecule has 2 aromatic rings. The van der Waals surface area contributed by atoms with E-state index in [1.165, 1.54) is 5.56 Å². The van der Waals surface area contributed by atoms with E-state index in [0.29, 0.717) is 10.7 Å². The van der Waals surface area contributed by atoms with Crippen LogP contribution in [0.3, 0.4) is 0 Å². The van der Waals surface area contributed by atoms with Crippen LogP contribution in [0.1, 0.15) is 11.5 Å². The molecule has 0 unspecified atom stereocenters. The second kappa shape index (κ2) is 4.94. The molecule has 0 amide bonds. The highest BCUT2D eigenvalue weighted by atomic mass is 32.1. The van der Waals surface area contributed by atoms with Gasteiger partial charge in [-0.2, -0.15) is 0 Å². The molecule has 0 saturated carbocycles. The van der Waals surface area contributed by atoms with Crippen molar-refractivity contribution in [1.82, 2.24) is 10.2 Å². The minimum absolute atomic E-state index is 0.324. The van der Waals surface area contributed by atoms with Crippen LogP contribution in [0.5, 0.6) is 5.75 Å². The van der Waals surface area contributed by atoms with Gasteiger partial charge < -0.3 is 9.15 Å². The molecule has 0 spiro atoms. The zero-order chi connectivity index (χ0) is 11.4. The molecular weight excluding hydrogens is 224 g/mol. The van der Waals surface area contributed by atoms with Crippen molar-refractivity contribution in [3.8, 4) is 5.75 Å². The van der Waals surface area contributed by atoms with Crippen LogP contribution >= 0.6 is 12.2 Å². The normalized spacial score (nSPS) is 10.3. The van der Waals surface area contributed by atoms with Gasteiger partial charge in [-0.05, 0) is 36.3 Å². The van der Waals surface area contributed by atoms with Crippen molar-refractivity contribution in [3.63, 3.8) is 0 Å². The van der Waals surface area contributed by atoms with Gasteiger partial charge in [0.05, 0.1) is 7.11 Å². The highest BCUT2D eigenvalue weighted by molar-refractivity contribution is 7.71. The first-order valence-electron chi connectivity index (χ1n) is 4.95. The van der Waals surface area contributed by atoms with Crippen molar-refractivity contribution in [2.24, 2.45) is 0 Å². The second-order valence-corrected chi connectivity index (χ2v) is 3.73. The molecule has 2 rings (SSSR count). The van der Waals surface area contributed by atoms with Crippen molar-refractivity contribution >= 4 is 12.2 Å². The topological polar surface area (TPSA) is 51.0 Å². The highest BCUT2D eigenvalue weighted by Crippen LogP contribution is 2.12. The lowest BCUT2D eigenvalue weighted by atomic mass is 10.1. The predicted molar refractivity (Wildman–Crippen MR) is 62.1 cm³/mol. The van der Waals surface area contributed by atoms with Crippen LogP contribution in [0.15, 0.2) is 28.7 Å². The van der Waals surface area contributed by atoms with Crippen molar-refractivity contribution in [2.75, 3.05) is 7.11 Å². The lowest BCUT2D eigenvalue weighted by Crippen LogP contribution is -1.92. The summed E-state index contributed by atoms with van der Waals surface area (Å²) in [4.78, 5) is 0.324. The van der Waals surface area contributed by atoms with E-state index >= 15 is 0 Å². The molecule has 0 saturated heterocycles. The van der Waals surface area contributed by atoms with E-state index in [0.717, 1.165) is 18.6 Å². The van der Waals surface area contributed by atoms with Gasteiger partial charge in [-0.15, -0.1) is 5.10 Å². The Kier molecular flexibility index (Phi) is 3.36. The maximum atomic E-state index is 5.17. The Balaban J connectivity index is 1.96. The molecule has 0 aliphatic carbocycles. The van der Waals surface area contributed by atoms with Gasteiger partial charge >= 0.3 is 0 Å². The number of aromatic amines is 1. The number of hydrogen-bond donors (Lipinski definition) is 1. The molecule has 16 heavy (non-hydrogen) atoms. The molecule has 0 radical (unpaired) electrons. The lowest BCUT2D eigenvalue weighted by molar-refractivity contribution is 0.414. The van der Waals surface area contributed by atoms with Gasteiger partial charge in [0.15, 0.2) is 0 Å². The number of hydrogen-bond acceptors (Lipinski definition) is 4. The third-order valence-corrected chi connectivity index (χ3v) is 2.44. The van der Waals surface area contributed by atoms with Crippen molar-refractivity contribution in [2.45, 2.75) is 12.8 Å². The summed E-state index contributed by atoms with van der Waals surface area (Å²) in [6, 6.07) is 7.94. The molecule has 0 bridgehead atoms. The van der Waals surface area contributed by atoms with Crippen molar-refractivity contribution in [1.29, 1.82) is 0 Å². The highest BCUT2D eigenvalue weighted by Gasteiger charge is 2.01. The summed E-state index contributed by atoms with van der Waals surface area (Å²) < 4.78 is 10.3. The number of ether oxygens (including phenoxy) is 1. The summed E-state index contributed by atoms with van der Waals surface area (Å²) in [5.74, 6) is 1.50. The lowest BCUT2D eigenvalue weighted by Gasteiger charge is -2.01. The Morgan fingerprint density at radius 1 is 1.31 bits per heavy atom. The van der Waals surface area contributed by atoms with Crippen LogP contribution in [-0.2, 0) is 12.8 Å². The fraction of sp³-hybridized carbons (Fsp3) is 0.273. The van der Waals surface area contributed by atoms with Gasteiger partial charge in [-0.3, -0.25) is 0 Å². The fourth-order valence-electron chi connectivity index (χ4n) is 1.41. The van der Waals surface area contributed by atoms with E-state index in [-0.39, 0.29) is 0 Å². The van der Waals surface area contributed by atoms with Crippen LogP contribution in [0.4, 0.5) is 0 Å². The standard InChI is InChI=1S/C11H12N2O2S/c1-14-9-5-2-8(3-6-9)4-7-10-12-13-11(16)15-10/h2-3,5-6H,4,7H2,1H3,(H,13,16). The molecule has 1 N–H and O–H groups in total. The maximum Gasteiger partial charge on any atom is 0.284 e. The summed E-state index contributed by atoms with van der Waals surface area (Å²) in [7, 11) is 1.66. The van der Waals surface area contributed by atoms with E-state index < -0.39 is 0 Å². The molecule has 4 nitrogen and oxygen atoms in total. The fourth-order valence-corrected chi connectivity index (χ4v) is 1.55. The minimum Gasteiger partial charge on any atom is -0.497 e. The number of methoxy groups -OCH3 is 1. The van der Waals surface area contributed by atoms with Crippen LogP contribution in [0.25, 0.3) is 0 Å². The number of benzene rings is 1. The summed E-state index contributed by atoms with van der Waals surface area (Å²) in [5, 5.41) is 6.55. The van der Waals surface area contributed by atoms with Gasteiger partial charge in [0, 0.05) is 6.42 Å². The second-order valence-electron chi connectivity index (χ2n) is 3.35. The monoisotopic (exact) mass is 236 g/mol. The first-order valence-corrected chi connectivity index (χ1v) is 5.36. The number of nitrogens with zero attached hydrogens (tertiary/aromatic N) is 1. The van der Waals surface area contributed by atoms with Crippen molar-refractivity contribution < 1.29 is 9.15 Å². The Morgan fingerprint density at radius 2 is 2.06 bits per heavy atom. The average molecular weight is 236 g/mol. The van der Waals surface area contributed by atoms with E-state index in [9.17, 15) is 0 Å². The zero-order valence-corrected chi connectivity index (χ0v) is 9.71. The largest absolute Gasteiger partial charge is 0.497 e. The Bertz CT molecular complexity index is 501. The summed E-state index contributed by atoms with van der Waals surface area (Å²) in [5.41, 5.74) is 1.21. The minimum atomic E-state index is 0.324. The van der Waals surface area contributed by atoms with Gasteiger partial charge in [-0.25, -0.2) is 5.10 Å². The number of H-pyrrole nitrogens is 1. The smallest absolute Gasteiger partial charge is 0.284 e. The third kappa shape index (κ3) is 2.70. The molecule has 5 heteroatoms. The third-order valence-electron chi connectivity index (χ3n) is 2.27. The molecule has 1 aromatic carbocycles. The molecule has 1 heterocycles. The molecule has 1 aromatic heterocycles. The Labute approximate surface area is 98.3 Å². The Hall–Kier alpha value is -1.62. The van der Waals surface area contributed by atoms with E-state index in [1.807, 2.05) is 24.3 Å². The summed E-state index contributed by atoms with van der Waals surface area (Å²) in [6.07, 6.45) is 1.60. The van der Waals surface area contributed by atoms with Crippen LogP contribution in [-0.4, -0.2) is 17.3 Å². The van der Waals surface area contributed by atoms with E-state index in [4.69, 9.17) is 21.4 Å². The van der Waals surface area contributed by atoms with Crippen LogP contribution in [0.2, 0.25) is 0 Å². The first kappa shape index (κ1) is 10.9. The molecule has 0 atom stereocenters. The average Bonchev–Trinajstić information content (AvgIpc) is 2.73. The number of aryl methyl sites for hydroxylation is 2. The molecule has 0 fully saturated rings. The maximum absolute atomic E-state index is 5.17. The summed E-state index contributed by atoms with van der Waals surface area (Å²) >= 11 is 4.80. The molecule has 0 aliphatic heterocycles. The first-order chi connectivity index (χ1) is 7.78. The SMILES string of the molecule is COc1ccc(CCc2n[nH]c(=S)o2)cc1. The number of rotatable bonds is 4.